The van der Waals surface area contributed by atoms with Crippen molar-refractivity contribution in [1.82, 2.24) is 4.31 Å². The Hall–Kier alpha value is -1.43. The van der Waals surface area contributed by atoms with Crippen molar-refractivity contribution in [2.75, 3.05) is 13.1 Å². The Bertz CT molecular complexity index is 748. The minimum absolute atomic E-state index is 0.123. The molecule has 3 aliphatic rings. The van der Waals surface area contributed by atoms with Crippen molar-refractivity contribution in [2.24, 2.45) is 0 Å². The quantitative estimate of drug-likeness (QED) is 0.785. The smallest absolute Gasteiger partial charge is 0.243 e. The van der Waals surface area contributed by atoms with Crippen LogP contribution in [-0.4, -0.2) is 37.5 Å². The molecule has 1 aromatic rings. The van der Waals surface area contributed by atoms with Gasteiger partial charge in [-0.05, 0) is 30.7 Å². The summed E-state index contributed by atoms with van der Waals surface area (Å²) < 4.78 is 33.0. The molecule has 110 valence electrons. The molecule has 1 fully saturated rings. The van der Waals surface area contributed by atoms with E-state index in [0.717, 1.165) is 12.0 Å². The molecular weight excluding hydrogens is 286 g/mol. The van der Waals surface area contributed by atoms with Crippen LogP contribution in [0.3, 0.4) is 0 Å². The fraction of sp³-hybridized carbons (Fsp3) is 0.375. The summed E-state index contributed by atoms with van der Waals surface area (Å²) in [6.07, 6.45) is 7.09. The second-order valence-corrected chi connectivity index (χ2v) is 7.89. The van der Waals surface area contributed by atoms with Crippen LogP contribution in [0.5, 0.6) is 0 Å². The third-order valence-electron chi connectivity index (χ3n) is 4.52. The van der Waals surface area contributed by atoms with Gasteiger partial charge in [-0.2, -0.15) is 4.31 Å². The van der Waals surface area contributed by atoms with Crippen LogP contribution in [0.15, 0.2) is 53.0 Å². The molecule has 4 rings (SSSR count). The van der Waals surface area contributed by atoms with E-state index in [2.05, 4.69) is 0 Å². The molecule has 0 aromatic heterocycles. The highest BCUT2D eigenvalue weighted by molar-refractivity contribution is 7.89. The highest BCUT2D eigenvalue weighted by atomic mass is 32.2. The highest BCUT2D eigenvalue weighted by Gasteiger charge is 2.50. The molecule has 2 bridgehead atoms. The van der Waals surface area contributed by atoms with Gasteiger partial charge in [-0.25, -0.2) is 8.42 Å². The molecule has 1 saturated heterocycles. The zero-order chi connectivity index (χ0) is 14.7. The normalized spacial score (nSPS) is 31.3. The maximum atomic E-state index is 12.8. The van der Waals surface area contributed by atoms with E-state index in [1.54, 1.807) is 12.1 Å². The number of ether oxygens (including phenoxy) is 1. The van der Waals surface area contributed by atoms with Crippen molar-refractivity contribution < 1.29 is 13.2 Å². The molecular formula is C16H17NO3S. The standard InChI is InChI=1S/C16H17NO3S/c1-12-2-4-15(5-3-12)21(18,19)17-9-7-13-10-14-6-8-16(13,11-17)20-14/h2-8,14H,9-11H2,1H3/t14-,16-/m1/s1. The van der Waals surface area contributed by atoms with Gasteiger partial charge in [-0.3, -0.25) is 0 Å². The fourth-order valence-electron chi connectivity index (χ4n) is 3.32. The number of fused-ring (bicyclic) bond motifs is 1. The summed E-state index contributed by atoms with van der Waals surface area (Å²) in [7, 11) is -3.47. The van der Waals surface area contributed by atoms with Crippen LogP contribution in [0.25, 0.3) is 0 Å². The van der Waals surface area contributed by atoms with E-state index in [1.807, 2.05) is 37.3 Å². The fourth-order valence-corrected chi connectivity index (χ4v) is 4.73. The van der Waals surface area contributed by atoms with Gasteiger partial charge in [0, 0.05) is 13.0 Å². The molecule has 5 heteroatoms. The Labute approximate surface area is 124 Å². The molecule has 21 heavy (non-hydrogen) atoms. The molecule has 1 aromatic carbocycles. The Kier molecular flexibility index (Phi) is 2.70. The Morgan fingerprint density at radius 1 is 1.29 bits per heavy atom. The van der Waals surface area contributed by atoms with Crippen molar-refractivity contribution >= 4 is 10.0 Å². The zero-order valence-electron chi connectivity index (χ0n) is 11.8. The number of hydrogen-bond acceptors (Lipinski definition) is 3. The lowest BCUT2D eigenvalue weighted by molar-refractivity contribution is 0.0316. The van der Waals surface area contributed by atoms with Crippen molar-refractivity contribution in [3.8, 4) is 0 Å². The van der Waals surface area contributed by atoms with E-state index in [1.165, 1.54) is 9.88 Å². The summed E-state index contributed by atoms with van der Waals surface area (Å²) in [6, 6.07) is 7.00. The van der Waals surface area contributed by atoms with Crippen LogP contribution in [-0.2, 0) is 14.8 Å². The molecule has 2 atom stereocenters. The average molecular weight is 303 g/mol. The predicted molar refractivity (Wildman–Crippen MR) is 79.4 cm³/mol. The summed E-state index contributed by atoms with van der Waals surface area (Å²) in [5, 5.41) is 0. The molecule has 3 aliphatic heterocycles. The first-order chi connectivity index (χ1) is 9.99. The second-order valence-electron chi connectivity index (χ2n) is 5.95. The largest absolute Gasteiger partial charge is 0.357 e. The molecule has 0 aliphatic carbocycles. The van der Waals surface area contributed by atoms with Gasteiger partial charge in [0.15, 0.2) is 0 Å². The van der Waals surface area contributed by atoms with E-state index < -0.39 is 15.6 Å². The van der Waals surface area contributed by atoms with Gasteiger partial charge in [0.1, 0.15) is 5.60 Å². The maximum Gasteiger partial charge on any atom is 0.243 e. The van der Waals surface area contributed by atoms with Gasteiger partial charge in [-0.1, -0.05) is 29.8 Å². The third-order valence-corrected chi connectivity index (χ3v) is 6.34. The van der Waals surface area contributed by atoms with Gasteiger partial charge < -0.3 is 4.74 Å². The zero-order valence-corrected chi connectivity index (χ0v) is 12.6. The minimum atomic E-state index is -3.47. The average Bonchev–Trinajstić information content (AvgIpc) is 3.03. The number of aryl methyl sites for hydroxylation is 1. The van der Waals surface area contributed by atoms with Gasteiger partial charge in [0.2, 0.25) is 10.0 Å². The molecule has 0 unspecified atom stereocenters. The molecule has 0 amide bonds. The van der Waals surface area contributed by atoms with E-state index in [9.17, 15) is 8.42 Å². The lowest BCUT2D eigenvalue weighted by Crippen LogP contribution is -2.47. The van der Waals surface area contributed by atoms with E-state index in [0.29, 0.717) is 18.0 Å². The number of sulfonamides is 1. The van der Waals surface area contributed by atoms with Gasteiger partial charge in [0.25, 0.3) is 0 Å². The third kappa shape index (κ3) is 1.92. The van der Waals surface area contributed by atoms with E-state index >= 15 is 0 Å². The van der Waals surface area contributed by atoms with Gasteiger partial charge >= 0.3 is 0 Å². The Morgan fingerprint density at radius 2 is 2.05 bits per heavy atom. The van der Waals surface area contributed by atoms with Crippen LogP contribution in [0, 0.1) is 6.92 Å². The van der Waals surface area contributed by atoms with E-state index in [-0.39, 0.29) is 6.10 Å². The second kappa shape index (κ2) is 4.29. The summed E-state index contributed by atoms with van der Waals surface area (Å²) in [5.74, 6) is 0. The van der Waals surface area contributed by atoms with Crippen LogP contribution in [0.2, 0.25) is 0 Å². The lowest BCUT2D eigenvalue weighted by Gasteiger charge is -2.35. The van der Waals surface area contributed by atoms with Crippen LogP contribution in [0.1, 0.15) is 12.0 Å². The monoisotopic (exact) mass is 303 g/mol. The van der Waals surface area contributed by atoms with Crippen LogP contribution < -0.4 is 0 Å². The topological polar surface area (TPSA) is 46.6 Å². The van der Waals surface area contributed by atoms with Crippen LogP contribution >= 0.6 is 0 Å². The summed E-state index contributed by atoms with van der Waals surface area (Å²) in [5.41, 5.74) is 1.76. The number of nitrogens with zero attached hydrogens (tertiary/aromatic N) is 1. The number of hydrogen-bond donors (Lipinski definition) is 0. The van der Waals surface area contributed by atoms with Crippen molar-refractivity contribution in [3.63, 3.8) is 0 Å². The Morgan fingerprint density at radius 3 is 2.76 bits per heavy atom. The predicted octanol–water partition coefficient (Wildman–Crippen LogP) is 2.02. The summed E-state index contributed by atoms with van der Waals surface area (Å²) in [6.45, 7) is 2.75. The molecule has 0 saturated carbocycles. The highest BCUT2D eigenvalue weighted by Crippen LogP contribution is 2.45. The minimum Gasteiger partial charge on any atom is -0.357 e. The van der Waals surface area contributed by atoms with Crippen molar-refractivity contribution in [2.45, 2.75) is 29.9 Å². The van der Waals surface area contributed by atoms with Crippen LogP contribution in [0.4, 0.5) is 0 Å². The number of rotatable bonds is 2. The first kappa shape index (κ1) is 13.2. The van der Waals surface area contributed by atoms with Crippen molar-refractivity contribution in [1.29, 1.82) is 0 Å². The molecule has 4 nitrogen and oxygen atoms in total. The SMILES string of the molecule is Cc1ccc(S(=O)(=O)N2CC=C3C[C@H]4C=C[C@]3(C2)O4)cc1. The lowest BCUT2D eigenvalue weighted by atomic mass is 9.86. The molecule has 1 spiro atoms. The molecule has 0 radical (unpaired) electrons. The number of benzene rings is 1. The van der Waals surface area contributed by atoms with Gasteiger partial charge in [0.05, 0.1) is 17.5 Å². The first-order valence-corrected chi connectivity index (χ1v) is 8.57. The molecule has 0 N–H and O–H groups in total. The molecule has 3 heterocycles. The maximum absolute atomic E-state index is 12.8. The summed E-state index contributed by atoms with van der Waals surface area (Å²) >= 11 is 0. The van der Waals surface area contributed by atoms with Crippen molar-refractivity contribution in [3.05, 3.63) is 53.6 Å². The Balaban J connectivity index is 1.69. The van der Waals surface area contributed by atoms with E-state index in [4.69, 9.17) is 4.74 Å². The van der Waals surface area contributed by atoms with Gasteiger partial charge in [-0.15, -0.1) is 0 Å². The first-order valence-electron chi connectivity index (χ1n) is 7.13. The summed E-state index contributed by atoms with van der Waals surface area (Å²) in [4.78, 5) is 0.345.